The molecule has 0 aliphatic carbocycles. The highest BCUT2D eigenvalue weighted by atomic mass is 14.3. The standard InChI is InChI=1S/C30H48/c1-7-13-18-25-26(19-14-8-2)28(17-11-5)30-24(16-10-4)23(12-6)21-22-29(30)27(25)20-15-9-3/h21-22H,7-20H2,1-6H3. The summed E-state index contributed by atoms with van der Waals surface area (Å²) < 4.78 is 0. The highest BCUT2D eigenvalue weighted by molar-refractivity contribution is 5.95. The first-order valence-corrected chi connectivity index (χ1v) is 13.3. The van der Waals surface area contributed by atoms with Gasteiger partial charge in [0.15, 0.2) is 0 Å². The van der Waals surface area contributed by atoms with E-state index in [1.165, 1.54) is 83.5 Å². The number of benzene rings is 2. The predicted molar refractivity (Wildman–Crippen MR) is 137 cm³/mol. The minimum Gasteiger partial charge on any atom is -0.0654 e. The Kier molecular flexibility index (Phi) is 11.0. The summed E-state index contributed by atoms with van der Waals surface area (Å²) in [6.07, 6.45) is 17.8. The number of hydrogen-bond donors (Lipinski definition) is 0. The molecule has 0 nitrogen and oxygen atoms in total. The van der Waals surface area contributed by atoms with Gasteiger partial charge in [0.1, 0.15) is 0 Å². The molecule has 2 aromatic carbocycles. The van der Waals surface area contributed by atoms with Crippen LogP contribution in [0.1, 0.15) is 126 Å². The van der Waals surface area contributed by atoms with E-state index in [1.54, 1.807) is 44.2 Å². The van der Waals surface area contributed by atoms with Gasteiger partial charge in [0.25, 0.3) is 0 Å². The van der Waals surface area contributed by atoms with Gasteiger partial charge in [-0.3, -0.25) is 0 Å². The second-order valence-electron chi connectivity index (χ2n) is 9.20. The fourth-order valence-electron chi connectivity index (χ4n) is 5.31. The molecule has 0 fully saturated rings. The summed E-state index contributed by atoms with van der Waals surface area (Å²) in [5, 5.41) is 3.29. The molecule has 0 aliphatic rings. The Morgan fingerprint density at radius 3 is 1.47 bits per heavy atom. The maximum atomic E-state index is 2.51. The van der Waals surface area contributed by atoms with Gasteiger partial charge in [-0.2, -0.15) is 0 Å². The molecule has 0 spiro atoms. The highest BCUT2D eigenvalue weighted by Crippen LogP contribution is 2.38. The third kappa shape index (κ3) is 5.68. The third-order valence-electron chi connectivity index (χ3n) is 6.85. The van der Waals surface area contributed by atoms with Crippen molar-refractivity contribution in [1.82, 2.24) is 0 Å². The lowest BCUT2D eigenvalue weighted by atomic mass is 9.79. The van der Waals surface area contributed by atoms with E-state index >= 15 is 0 Å². The van der Waals surface area contributed by atoms with E-state index in [0.717, 1.165) is 6.42 Å². The van der Waals surface area contributed by atoms with Crippen molar-refractivity contribution in [1.29, 1.82) is 0 Å². The van der Waals surface area contributed by atoms with Crippen LogP contribution in [0.15, 0.2) is 12.1 Å². The van der Waals surface area contributed by atoms with E-state index in [1.807, 2.05) is 0 Å². The van der Waals surface area contributed by atoms with E-state index in [9.17, 15) is 0 Å². The molecule has 2 rings (SSSR count). The van der Waals surface area contributed by atoms with Crippen molar-refractivity contribution in [3.05, 3.63) is 45.5 Å². The first-order valence-electron chi connectivity index (χ1n) is 13.3. The van der Waals surface area contributed by atoms with E-state index in [2.05, 4.69) is 53.7 Å². The Morgan fingerprint density at radius 2 is 0.967 bits per heavy atom. The second kappa shape index (κ2) is 13.2. The molecule has 0 aromatic heterocycles. The van der Waals surface area contributed by atoms with E-state index < -0.39 is 0 Å². The van der Waals surface area contributed by atoms with Crippen molar-refractivity contribution >= 4 is 10.8 Å². The molecule has 168 valence electrons. The lowest BCUT2D eigenvalue weighted by Crippen LogP contribution is -2.10. The van der Waals surface area contributed by atoms with Gasteiger partial charge in [-0.1, -0.05) is 85.8 Å². The molecule has 0 bridgehead atoms. The zero-order valence-corrected chi connectivity index (χ0v) is 21.1. The van der Waals surface area contributed by atoms with Crippen molar-refractivity contribution in [3.63, 3.8) is 0 Å². The molecule has 0 N–H and O–H groups in total. The maximum Gasteiger partial charge on any atom is -0.0111 e. The Bertz CT molecular complexity index is 781. The van der Waals surface area contributed by atoms with Crippen LogP contribution >= 0.6 is 0 Å². The molecule has 2 aromatic rings. The Balaban J connectivity index is 2.95. The minimum absolute atomic E-state index is 1.16. The average Bonchev–Trinajstić information content (AvgIpc) is 2.76. The zero-order valence-electron chi connectivity index (χ0n) is 21.1. The fraction of sp³-hybridized carbons (Fsp3) is 0.667. The second-order valence-corrected chi connectivity index (χ2v) is 9.20. The largest absolute Gasteiger partial charge is 0.0654 e. The molecule has 0 heteroatoms. The van der Waals surface area contributed by atoms with Crippen LogP contribution in [0.2, 0.25) is 0 Å². The summed E-state index contributed by atoms with van der Waals surface area (Å²) in [5.41, 5.74) is 10.2. The summed E-state index contributed by atoms with van der Waals surface area (Å²) >= 11 is 0. The molecule has 0 saturated heterocycles. The molecule has 0 radical (unpaired) electrons. The number of hydrogen-bond acceptors (Lipinski definition) is 0. The molecular weight excluding hydrogens is 360 g/mol. The molecule has 0 amide bonds. The maximum absolute atomic E-state index is 2.51. The Morgan fingerprint density at radius 1 is 0.467 bits per heavy atom. The quantitative estimate of drug-likeness (QED) is 0.292. The van der Waals surface area contributed by atoms with Crippen molar-refractivity contribution in [2.24, 2.45) is 0 Å². The first kappa shape index (κ1) is 25.0. The van der Waals surface area contributed by atoms with Crippen LogP contribution in [-0.4, -0.2) is 0 Å². The van der Waals surface area contributed by atoms with Gasteiger partial charge >= 0.3 is 0 Å². The predicted octanol–water partition coefficient (Wildman–Crippen LogP) is 9.34. The van der Waals surface area contributed by atoms with Gasteiger partial charge in [0.05, 0.1) is 0 Å². The summed E-state index contributed by atoms with van der Waals surface area (Å²) in [6, 6.07) is 4.98. The lowest BCUT2D eigenvalue weighted by molar-refractivity contribution is 0.730. The Labute approximate surface area is 187 Å². The lowest BCUT2D eigenvalue weighted by Gasteiger charge is -2.26. The smallest absolute Gasteiger partial charge is 0.0111 e. The van der Waals surface area contributed by atoms with Gasteiger partial charge in [0, 0.05) is 0 Å². The summed E-state index contributed by atoms with van der Waals surface area (Å²) in [6.45, 7) is 14.1. The minimum atomic E-state index is 1.16. The van der Waals surface area contributed by atoms with Crippen LogP contribution in [0, 0.1) is 0 Å². The van der Waals surface area contributed by atoms with E-state index in [0.29, 0.717) is 0 Å². The van der Waals surface area contributed by atoms with Gasteiger partial charge in [-0.15, -0.1) is 0 Å². The van der Waals surface area contributed by atoms with Gasteiger partial charge in [-0.25, -0.2) is 0 Å². The number of fused-ring (bicyclic) bond motifs is 1. The van der Waals surface area contributed by atoms with Crippen molar-refractivity contribution in [3.8, 4) is 0 Å². The van der Waals surface area contributed by atoms with Crippen molar-refractivity contribution in [2.45, 2.75) is 131 Å². The number of aryl methyl sites for hydroxylation is 4. The highest BCUT2D eigenvalue weighted by Gasteiger charge is 2.21. The molecule has 0 saturated carbocycles. The van der Waals surface area contributed by atoms with Crippen LogP contribution < -0.4 is 0 Å². The first-order chi connectivity index (χ1) is 14.7. The van der Waals surface area contributed by atoms with Crippen LogP contribution in [0.3, 0.4) is 0 Å². The molecule has 0 unspecified atom stereocenters. The van der Waals surface area contributed by atoms with Crippen LogP contribution in [0.4, 0.5) is 0 Å². The van der Waals surface area contributed by atoms with Gasteiger partial charge in [-0.05, 0) is 102 Å². The zero-order chi connectivity index (χ0) is 21.9. The molecular formula is C30H48. The normalized spacial score (nSPS) is 11.5. The summed E-state index contributed by atoms with van der Waals surface area (Å²) in [5.74, 6) is 0. The van der Waals surface area contributed by atoms with E-state index in [-0.39, 0.29) is 0 Å². The van der Waals surface area contributed by atoms with Crippen molar-refractivity contribution in [2.75, 3.05) is 0 Å². The Hall–Kier alpha value is -1.30. The summed E-state index contributed by atoms with van der Waals surface area (Å²) in [7, 11) is 0. The van der Waals surface area contributed by atoms with Gasteiger partial charge < -0.3 is 0 Å². The van der Waals surface area contributed by atoms with Gasteiger partial charge in [0.2, 0.25) is 0 Å². The summed E-state index contributed by atoms with van der Waals surface area (Å²) in [4.78, 5) is 0. The van der Waals surface area contributed by atoms with Crippen molar-refractivity contribution < 1.29 is 0 Å². The van der Waals surface area contributed by atoms with E-state index in [4.69, 9.17) is 0 Å². The topological polar surface area (TPSA) is 0 Å². The molecule has 30 heavy (non-hydrogen) atoms. The van der Waals surface area contributed by atoms with Crippen LogP contribution in [0.25, 0.3) is 10.8 Å². The third-order valence-corrected chi connectivity index (χ3v) is 6.85. The molecule has 0 atom stereocenters. The number of unbranched alkanes of at least 4 members (excludes halogenated alkanes) is 3. The average molecular weight is 409 g/mol. The van der Waals surface area contributed by atoms with Crippen LogP contribution in [-0.2, 0) is 38.5 Å². The van der Waals surface area contributed by atoms with Crippen LogP contribution in [0.5, 0.6) is 0 Å². The molecule has 0 heterocycles. The SMILES string of the molecule is CCCCc1c(CCCC)c(CCC)c2c(CCC)c(CC)ccc2c1CCCC. The number of rotatable bonds is 14. The molecule has 0 aliphatic heterocycles. The fourth-order valence-corrected chi connectivity index (χ4v) is 5.31. The monoisotopic (exact) mass is 408 g/mol.